The van der Waals surface area contributed by atoms with Crippen molar-refractivity contribution in [3.8, 4) is 11.5 Å². The second-order valence-electron chi connectivity index (χ2n) is 7.18. The summed E-state index contributed by atoms with van der Waals surface area (Å²) in [6.07, 6.45) is -7.48. The van der Waals surface area contributed by atoms with Gasteiger partial charge in [-0.25, -0.2) is 4.79 Å². The molecule has 5 atom stereocenters. The number of carbonyl (C=O) groups excluding carboxylic acids is 2. The average molecular weight is 448 g/mol. The summed E-state index contributed by atoms with van der Waals surface area (Å²) >= 11 is 0. The number of carbonyl (C=O) groups is 2. The zero-order chi connectivity index (χ0) is 23.3. The summed E-state index contributed by atoms with van der Waals surface area (Å²) in [6, 6.07) is 12.6. The van der Waals surface area contributed by atoms with Crippen LogP contribution in [0.1, 0.15) is 22.8 Å². The van der Waals surface area contributed by atoms with Gasteiger partial charge in [-0.1, -0.05) is 24.3 Å². The minimum atomic E-state index is -1.66. The lowest BCUT2D eigenvalue weighted by Crippen LogP contribution is -2.60. The lowest BCUT2D eigenvalue weighted by Gasteiger charge is -2.39. The molecule has 1 aliphatic rings. The number of hydrogen-bond acceptors (Lipinski definition) is 10. The summed E-state index contributed by atoms with van der Waals surface area (Å²) in [5.41, 5.74) is 0.859. The van der Waals surface area contributed by atoms with Gasteiger partial charge < -0.3 is 39.4 Å². The Kier molecular flexibility index (Phi) is 7.65. The lowest BCUT2D eigenvalue weighted by molar-refractivity contribution is -0.278. The summed E-state index contributed by atoms with van der Waals surface area (Å²) in [6.45, 7) is 0.680. The molecule has 1 heterocycles. The number of rotatable bonds is 7. The van der Waals surface area contributed by atoms with E-state index >= 15 is 0 Å². The maximum Gasteiger partial charge on any atom is 0.338 e. The normalized spacial score (nSPS) is 25.1. The molecular formula is C22H24O10. The lowest BCUT2D eigenvalue weighted by atomic mass is 9.99. The van der Waals surface area contributed by atoms with Crippen LogP contribution >= 0.6 is 0 Å². The number of aromatic hydroxyl groups is 1. The minimum Gasteiger partial charge on any atom is -0.504 e. The van der Waals surface area contributed by atoms with E-state index in [9.17, 15) is 30.0 Å². The Labute approximate surface area is 183 Å². The van der Waals surface area contributed by atoms with E-state index in [0.29, 0.717) is 11.1 Å². The Bertz CT molecular complexity index is 932. The zero-order valence-corrected chi connectivity index (χ0v) is 17.2. The molecule has 0 aliphatic carbocycles. The molecule has 4 N–H and O–H groups in total. The number of aliphatic hydroxyl groups excluding tert-OH is 3. The summed E-state index contributed by atoms with van der Waals surface area (Å²) in [5, 5.41) is 40.5. The third-order valence-corrected chi connectivity index (χ3v) is 4.77. The highest BCUT2D eigenvalue weighted by molar-refractivity contribution is 5.89. The Morgan fingerprint density at radius 1 is 0.969 bits per heavy atom. The SMILES string of the molecule is CC(=O)OC[C@H]1O[C@@H](Oc2cc(COC(=O)c3ccccc3)ccc2O)[C@H](O)[C@@H](O)[C@@H]1O. The molecule has 32 heavy (non-hydrogen) atoms. The van der Waals surface area contributed by atoms with Gasteiger partial charge in [-0.2, -0.15) is 0 Å². The second-order valence-corrected chi connectivity index (χ2v) is 7.18. The van der Waals surface area contributed by atoms with Crippen molar-refractivity contribution in [1.82, 2.24) is 0 Å². The molecule has 2 aromatic carbocycles. The number of phenolic OH excluding ortho intramolecular Hbond substituents is 1. The van der Waals surface area contributed by atoms with Crippen LogP contribution < -0.4 is 4.74 Å². The molecule has 0 aromatic heterocycles. The van der Waals surface area contributed by atoms with Crippen molar-refractivity contribution in [2.75, 3.05) is 6.61 Å². The van der Waals surface area contributed by atoms with Gasteiger partial charge in [0.1, 0.15) is 37.6 Å². The van der Waals surface area contributed by atoms with Crippen LogP contribution in [-0.4, -0.2) is 69.7 Å². The van der Waals surface area contributed by atoms with Crippen molar-refractivity contribution in [1.29, 1.82) is 0 Å². The van der Waals surface area contributed by atoms with Gasteiger partial charge >= 0.3 is 11.9 Å². The van der Waals surface area contributed by atoms with Gasteiger partial charge in [-0.05, 0) is 29.8 Å². The van der Waals surface area contributed by atoms with E-state index in [2.05, 4.69) is 0 Å². The molecule has 10 heteroatoms. The number of phenols is 1. The molecule has 1 saturated heterocycles. The Morgan fingerprint density at radius 2 is 1.69 bits per heavy atom. The smallest absolute Gasteiger partial charge is 0.338 e. The van der Waals surface area contributed by atoms with Crippen molar-refractivity contribution < 1.29 is 49.0 Å². The van der Waals surface area contributed by atoms with E-state index in [1.165, 1.54) is 25.1 Å². The van der Waals surface area contributed by atoms with E-state index in [0.717, 1.165) is 0 Å². The highest BCUT2D eigenvalue weighted by Gasteiger charge is 2.45. The predicted molar refractivity (Wildman–Crippen MR) is 108 cm³/mol. The highest BCUT2D eigenvalue weighted by Crippen LogP contribution is 2.31. The molecule has 0 amide bonds. The van der Waals surface area contributed by atoms with Crippen LogP contribution in [0.25, 0.3) is 0 Å². The Morgan fingerprint density at radius 3 is 2.38 bits per heavy atom. The molecule has 3 rings (SSSR count). The van der Waals surface area contributed by atoms with Gasteiger partial charge in [0.15, 0.2) is 11.5 Å². The summed E-state index contributed by atoms with van der Waals surface area (Å²) in [7, 11) is 0. The summed E-state index contributed by atoms with van der Waals surface area (Å²) in [4.78, 5) is 23.1. The van der Waals surface area contributed by atoms with Gasteiger partial charge in [0.2, 0.25) is 6.29 Å². The van der Waals surface area contributed by atoms with Crippen LogP contribution in [0.15, 0.2) is 48.5 Å². The topological polar surface area (TPSA) is 152 Å². The summed E-state index contributed by atoms with van der Waals surface area (Å²) < 4.78 is 21.0. The molecule has 0 saturated carbocycles. The number of ether oxygens (including phenoxy) is 4. The molecule has 0 radical (unpaired) electrons. The maximum absolute atomic E-state index is 12.1. The Hall–Kier alpha value is -3.18. The fraction of sp³-hybridized carbons (Fsp3) is 0.364. The monoisotopic (exact) mass is 448 g/mol. The van der Waals surface area contributed by atoms with Gasteiger partial charge in [0.05, 0.1) is 5.56 Å². The van der Waals surface area contributed by atoms with Gasteiger partial charge in [-0.15, -0.1) is 0 Å². The van der Waals surface area contributed by atoms with Crippen molar-refractivity contribution in [3.63, 3.8) is 0 Å². The van der Waals surface area contributed by atoms with Crippen molar-refractivity contribution in [3.05, 3.63) is 59.7 Å². The van der Waals surface area contributed by atoms with Crippen molar-refractivity contribution >= 4 is 11.9 Å². The van der Waals surface area contributed by atoms with E-state index < -0.39 is 42.6 Å². The fourth-order valence-electron chi connectivity index (χ4n) is 3.03. The molecule has 172 valence electrons. The third kappa shape index (κ3) is 5.74. The van der Waals surface area contributed by atoms with E-state index in [-0.39, 0.29) is 24.7 Å². The van der Waals surface area contributed by atoms with Crippen molar-refractivity contribution in [2.45, 2.75) is 44.2 Å². The molecule has 2 aromatic rings. The highest BCUT2D eigenvalue weighted by atomic mass is 16.7. The van der Waals surface area contributed by atoms with Crippen LogP contribution in [0.3, 0.4) is 0 Å². The zero-order valence-electron chi connectivity index (χ0n) is 17.2. The van der Waals surface area contributed by atoms with Gasteiger partial charge in [0.25, 0.3) is 0 Å². The first kappa shape index (κ1) is 23.5. The quantitative estimate of drug-likeness (QED) is 0.441. The first-order chi connectivity index (χ1) is 15.3. The molecular weight excluding hydrogens is 424 g/mol. The van der Waals surface area contributed by atoms with E-state index in [4.69, 9.17) is 18.9 Å². The molecule has 0 bridgehead atoms. The number of aliphatic hydroxyl groups is 3. The van der Waals surface area contributed by atoms with Crippen LogP contribution in [0.2, 0.25) is 0 Å². The van der Waals surface area contributed by atoms with Crippen LogP contribution in [0.5, 0.6) is 11.5 Å². The molecule has 1 fully saturated rings. The van der Waals surface area contributed by atoms with Crippen LogP contribution in [0.4, 0.5) is 0 Å². The number of benzene rings is 2. The van der Waals surface area contributed by atoms with Crippen molar-refractivity contribution in [2.24, 2.45) is 0 Å². The maximum atomic E-state index is 12.1. The van der Waals surface area contributed by atoms with Crippen LogP contribution in [0, 0.1) is 0 Å². The fourth-order valence-corrected chi connectivity index (χ4v) is 3.03. The van der Waals surface area contributed by atoms with E-state index in [1.807, 2.05) is 0 Å². The van der Waals surface area contributed by atoms with Gasteiger partial charge in [-0.3, -0.25) is 4.79 Å². The average Bonchev–Trinajstić information content (AvgIpc) is 2.79. The molecule has 1 aliphatic heterocycles. The number of esters is 2. The van der Waals surface area contributed by atoms with Crippen LogP contribution in [-0.2, 0) is 25.6 Å². The Balaban J connectivity index is 1.67. The first-order valence-corrected chi connectivity index (χ1v) is 9.80. The standard InChI is InChI=1S/C22H24O10/c1-12(23)29-11-17-18(25)19(26)20(27)22(32-17)31-16-9-13(7-8-15(16)24)10-30-21(28)14-5-3-2-4-6-14/h2-9,17-20,22,24-27H,10-11H2,1H3/t17-,18-,19+,20-,22-/m1/s1. The molecule has 0 spiro atoms. The van der Waals surface area contributed by atoms with E-state index in [1.54, 1.807) is 30.3 Å². The van der Waals surface area contributed by atoms with Gasteiger partial charge in [0, 0.05) is 6.92 Å². The largest absolute Gasteiger partial charge is 0.504 e. The third-order valence-electron chi connectivity index (χ3n) is 4.77. The number of hydrogen-bond donors (Lipinski definition) is 4. The molecule has 0 unspecified atom stereocenters. The summed E-state index contributed by atoms with van der Waals surface area (Å²) in [5.74, 6) is -1.56. The molecule has 10 nitrogen and oxygen atoms in total. The second kappa shape index (κ2) is 10.4. The first-order valence-electron chi connectivity index (χ1n) is 9.80. The minimum absolute atomic E-state index is 0.114. The predicted octanol–water partition coefficient (Wildman–Crippen LogP) is 0.499.